The number of carbonyl (C=O) groups excluding carboxylic acids is 1. The zero-order chi connectivity index (χ0) is 16.9. The summed E-state index contributed by atoms with van der Waals surface area (Å²) in [5, 5.41) is 0.751. The first-order chi connectivity index (χ1) is 11.7. The lowest BCUT2D eigenvalue weighted by atomic mass is 9.97. The molecule has 0 radical (unpaired) electrons. The van der Waals surface area contributed by atoms with Gasteiger partial charge in [0.05, 0.1) is 16.6 Å². The Balaban J connectivity index is 1.66. The molecule has 24 heavy (non-hydrogen) atoms. The molecule has 0 aromatic heterocycles. The topological polar surface area (TPSA) is 49.6 Å². The van der Waals surface area contributed by atoms with Gasteiger partial charge < -0.3 is 15.5 Å². The molecule has 126 valence electrons. The lowest BCUT2D eigenvalue weighted by Gasteiger charge is -2.37. The Labute approximate surface area is 147 Å². The average molecular weight is 344 g/mol. The first-order valence-electron chi connectivity index (χ1n) is 8.24. The number of hydrogen-bond donors (Lipinski definition) is 1. The van der Waals surface area contributed by atoms with Crippen LogP contribution in [0, 0.1) is 0 Å². The third-order valence-electron chi connectivity index (χ3n) is 4.52. The molecule has 1 saturated heterocycles. The molecule has 1 fully saturated rings. The van der Waals surface area contributed by atoms with Crippen LogP contribution >= 0.6 is 11.6 Å². The summed E-state index contributed by atoms with van der Waals surface area (Å²) in [6, 6.07) is 17.6. The van der Waals surface area contributed by atoms with E-state index >= 15 is 0 Å². The summed E-state index contributed by atoms with van der Waals surface area (Å²) in [6.45, 7) is 3.26. The second-order valence-corrected chi connectivity index (χ2v) is 6.37. The second-order valence-electron chi connectivity index (χ2n) is 5.96. The fourth-order valence-electron chi connectivity index (χ4n) is 3.16. The maximum absolute atomic E-state index is 12.8. The summed E-state index contributed by atoms with van der Waals surface area (Å²) < 4.78 is 0. The lowest BCUT2D eigenvalue weighted by molar-refractivity contribution is -0.132. The number of carbonyl (C=O) groups is 1. The van der Waals surface area contributed by atoms with Gasteiger partial charge in [0, 0.05) is 32.7 Å². The van der Waals surface area contributed by atoms with Crippen LogP contribution in [0.15, 0.2) is 54.6 Å². The Morgan fingerprint density at radius 3 is 2.25 bits per heavy atom. The summed E-state index contributed by atoms with van der Waals surface area (Å²) in [7, 11) is 0. The number of amides is 1. The van der Waals surface area contributed by atoms with Crippen molar-refractivity contribution in [3.63, 3.8) is 0 Å². The van der Waals surface area contributed by atoms with Crippen molar-refractivity contribution in [2.45, 2.75) is 5.92 Å². The van der Waals surface area contributed by atoms with Crippen molar-refractivity contribution >= 4 is 23.2 Å². The smallest absolute Gasteiger partial charge is 0.231 e. The largest absolute Gasteiger partial charge is 0.367 e. The third-order valence-corrected chi connectivity index (χ3v) is 4.84. The van der Waals surface area contributed by atoms with Crippen LogP contribution in [0.3, 0.4) is 0 Å². The molecule has 5 heteroatoms. The van der Waals surface area contributed by atoms with Crippen LogP contribution < -0.4 is 10.6 Å². The molecule has 0 aliphatic carbocycles. The first kappa shape index (κ1) is 16.8. The van der Waals surface area contributed by atoms with Gasteiger partial charge in [-0.3, -0.25) is 4.79 Å². The van der Waals surface area contributed by atoms with Gasteiger partial charge in [-0.1, -0.05) is 54.1 Å². The van der Waals surface area contributed by atoms with Gasteiger partial charge in [-0.25, -0.2) is 0 Å². The lowest BCUT2D eigenvalue weighted by Crippen LogP contribution is -2.50. The monoisotopic (exact) mass is 343 g/mol. The van der Waals surface area contributed by atoms with Crippen molar-refractivity contribution < 1.29 is 4.79 Å². The maximum atomic E-state index is 12.8. The SMILES string of the molecule is NCC(C(=O)N1CCN(c2ccccc2Cl)CC1)c1ccccc1. The van der Waals surface area contributed by atoms with Crippen molar-refractivity contribution in [3.8, 4) is 0 Å². The summed E-state index contributed by atoms with van der Waals surface area (Å²) >= 11 is 6.27. The van der Waals surface area contributed by atoms with Gasteiger partial charge in [0.1, 0.15) is 0 Å². The van der Waals surface area contributed by atoms with Crippen molar-refractivity contribution in [2.24, 2.45) is 5.73 Å². The number of piperazine rings is 1. The van der Waals surface area contributed by atoms with E-state index in [0.29, 0.717) is 19.6 Å². The molecule has 3 rings (SSSR count). The van der Waals surface area contributed by atoms with Gasteiger partial charge in [-0.05, 0) is 17.7 Å². The Bertz CT molecular complexity index is 684. The Hall–Kier alpha value is -2.04. The number of hydrogen-bond acceptors (Lipinski definition) is 3. The molecule has 2 aromatic carbocycles. The first-order valence-corrected chi connectivity index (χ1v) is 8.62. The Kier molecular flexibility index (Phi) is 5.38. The molecule has 4 nitrogen and oxygen atoms in total. The zero-order valence-electron chi connectivity index (χ0n) is 13.6. The summed E-state index contributed by atoms with van der Waals surface area (Å²) in [5.41, 5.74) is 7.89. The predicted molar refractivity (Wildman–Crippen MR) is 98.5 cm³/mol. The second kappa shape index (κ2) is 7.69. The molecule has 1 unspecified atom stereocenters. The summed E-state index contributed by atoms with van der Waals surface area (Å²) in [6.07, 6.45) is 0. The van der Waals surface area contributed by atoms with Gasteiger partial charge in [0.25, 0.3) is 0 Å². The van der Waals surface area contributed by atoms with E-state index in [0.717, 1.165) is 29.4 Å². The zero-order valence-corrected chi connectivity index (χ0v) is 14.3. The molecule has 1 atom stereocenters. The van der Waals surface area contributed by atoms with Gasteiger partial charge in [-0.2, -0.15) is 0 Å². The fourth-order valence-corrected chi connectivity index (χ4v) is 3.42. The molecule has 2 aromatic rings. The minimum absolute atomic E-state index is 0.113. The highest BCUT2D eigenvalue weighted by atomic mass is 35.5. The van der Waals surface area contributed by atoms with Gasteiger partial charge in [-0.15, -0.1) is 0 Å². The van der Waals surface area contributed by atoms with Gasteiger partial charge in [0.2, 0.25) is 5.91 Å². The number of nitrogens with zero attached hydrogens (tertiary/aromatic N) is 2. The molecule has 1 aliphatic rings. The standard InChI is InChI=1S/C19H22ClN3O/c20-17-8-4-5-9-18(17)22-10-12-23(13-11-22)19(24)16(14-21)15-6-2-1-3-7-15/h1-9,16H,10-14,21H2. The molecule has 0 saturated carbocycles. The van der Waals surface area contributed by atoms with Crippen LogP contribution in [0.4, 0.5) is 5.69 Å². The van der Waals surface area contributed by atoms with Gasteiger partial charge in [0.15, 0.2) is 0 Å². The minimum atomic E-state index is -0.266. The van der Waals surface area contributed by atoms with Crippen molar-refractivity contribution in [3.05, 3.63) is 65.2 Å². The third kappa shape index (κ3) is 3.55. The molecular weight excluding hydrogens is 322 g/mol. The fraction of sp³-hybridized carbons (Fsp3) is 0.316. The number of benzene rings is 2. The highest BCUT2D eigenvalue weighted by Crippen LogP contribution is 2.26. The highest BCUT2D eigenvalue weighted by molar-refractivity contribution is 6.33. The number of para-hydroxylation sites is 1. The Morgan fingerprint density at radius 1 is 1.00 bits per heavy atom. The van der Waals surface area contributed by atoms with E-state index in [9.17, 15) is 4.79 Å². The van der Waals surface area contributed by atoms with Crippen LogP contribution in [0.2, 0.25) is 5.02 Å². The molecule has 1 heterocycles. The highest BCUT2D eigenvalue weighted by Gasteiger charge is 2.28. The molecule has 1 aliphatic heterocycles. The maximum Gasteiger partial charge on any atom is 0.231 e. The quantitative estimate of drug-likeness (QED) is 0.928. The van der Waals surface area contributed by atoms with Crippen LogP contribution in [-0.4, -0.2) is 43.5 Å². The average Bonchev–Trinajstić information content (AvgIpc) is 2.64. The van der Waals surface area contributed by atoms with Crippen molar-refractivity contribution in [1.29, 1.82) is 0 Å². The van der Waals surface area contributed by atoms with Gasteiger partial charge >= 0.3 is 0 Å². The number of nitrogens with two attached hydrogens (primary N) is 1. The minimum Gasteiger partial charge on any atom is -0.367 e. The molecule has 0 spiro atoms. The van der Waals surface area contributed by atoms with E-state index in [-0.39, 0.29) is 11.8 Å². The Morgan fingerprint density at radius 2 is 1.62 bits per heavy atom. The molecule has 0 bridgehead atoms. The summed E-state index contributed by atoms with van der Waals surface area (Å²) in [5.74, 6) is -0.152. The van der Waals surface area contributed by atoms with Crippen molar-refractivity contribution in [1.82, 2.24) is 4.90 Å². The summed E-state index contributed by atoms with van der Waals surface area (Å²) in [4.78, 5) is 17.0. The molecule has 2 N–H and O–H groups in total. The van der Waals surface area contributed by atoms with Crippen LogP contribution in [0.1, 0.15) is 11.5 Å². The van der Waals surface area contributed by atoms with Crippen LogP contribution in [0.5, 0.6) is 0 Å². The van der Waals surface area contributed by atoms with Crippen LogP contribution in [-0.2, 0) is 4.79 Å². The van der Waals surface area contributed by atoms with E-state index < -0.39 is 0 Å². The molecular formula is C19H22ClN3O. The van der Waals surface area contributed by atoms with E-state index in [1.54, 1.807) is 0 Å². The number of halogens is 1. The number of rotatable bonds is 4. The number of anilines is 1. The van der Waals surface area contributed by atoms with E-state index in [1.807, 2.05) is 59.5 Å². The van der Waals surface area contributed by atoms with Crippen molar-refractivity contribution in [2.75, 3.05) is 37.6 Å². The van der Waals surface area contributed by atoms with Crippen LogP contribution in [0.25, 0.3) is 0 Å². The van der Waals surface area contributed by atoms with E-state index in [4.69, 9.17) is 17.3 Å². The molecule has 1 amide bonds. The predicted octanol–water partition coefficient (Wildman–Crippen LogP) is 2.73. The van der Waals surface area contributed by atoms with E-state index in [2.05, 4.69) is 4.90 Å². The van der Waals surface area contributed by atoms with E-state index in [1.165, 1.54) is 0 Å². The normalized spacial score (nSPS) is 16.1.